The van der Waals surface area contributed by atoms with E-state index in [4.69, 9.17) is 9.47 Å². The maximum Gasteiger partial charge on any atom is 0.338 e. The highest BCUT2D eigenvalue weighted by atomic mass is 16.6. The smallest absolute Gasteiger partial charge is 0.338 e. The van der Waals surface area contributed by atoms with Gasteiger partial charge in [-0.15, -0.1) is 6.58 Å². The Bertz CT molecular complexity index is 223. The standard InChI is InChI=1S/C11H18O4/c1-4-7-9(12)10(15-8-5-2)11(13)14-6-3/h4-5,7,9-10,12H,2,6,8H2,1,3H3/t9-,10-/m1/s1. The topological polar surface area (TPSA) is 55.8 Å². The Labute approximate surface area is 90.2 Å². The zero-order valence-corrected chi connectivity index (χ0v) is 9.18. The SMILES string of the molecule is C=CCO[C@@H](C(=O)OCC)[C@H](O)C=CC. The summed E-state index contributed by atoms with van der Waals surface area (Å²) in [6, 6.07) is 0. The number of carbonyl (C=O) groups excluding carboxylic acids is 1. The third kappa shape index (κ3) is 5.34. The van der Waals surface area contributed by atoms with E-state index in [0.29, 0.717) is 0 Å². The molecule has 1 N–H and O–H groups in total. The highest BCUT2D eigenvalue weighted by molar-refractivity contribution is 5.75. The highest BCUT2D eigenvalue weighted by Crippen LogP contribution is 2.04. The molecule has 4 nitrogen and oxygen atoms in total. The van der Waals surface area contributed by atoms with Gasteiger partial charge in [-0.25, -0.2) is 4.79 Å². The maximum absolute atomic E-state index is 11.4. The predicted molar refractivity (Wildman–Crippen MR) is 57.4 cm³/mol. The lowest BCUT2D eigenvalue weighted by Gasteiger charge is -2.18. The highest BCUT2D eigenvalue weighted by Gasteiger charge is 2.26. The first kappa shape index (κ1) is 13.9. The molecule has 0 amide bonds. The molecule has 4 heteroatoms. The molecule has 0 saturated heterocycles. The van der Waals surface area contributed by atoms with Gasteiger partial charge in [-0.1, -0.05) is 18.2 Å². The molecule has 0 saturated carbocycles. The van der Waals surface area contributed by atoms with E-state index in [1.54, 1.807) is 19.9 Å². The molecule has 0 aromatic heterocycles. The summed E-state index contributed by atoms with van der Waals surface area (Å²) in [7, 11) is 0. The van der Waals surface area contributed by atoms with Crippen molar-refractivity contribution in [2.75, 3.05) is 13.2 Å². The number of hydrogen-bond donors (Lipinski definition) is 1. The molecular weight excluding hydrogens is 196 g/mol. The van der Waals surface area contributed by atoms with Crippen molar-refractivity contribution in [1.29, 1.82) is 0 Å². The van der Waals surface area contributed by atoms with Crippen LogP contribution in [0.4, 0.5) is 0 Å². The first-order valence-electron chi connectivity index (χ1n) is 4.87. The number of allylic oxidation sites excluding steroid dienone is 1. The van der Waals surface area contributed by atoms with Crippen molar-refractivity contribution in [3.63, 3.8) is 0 Å². The van der Waals surface area contributed by atoms with E-state index in [-0.39, 0.29) is 13.2 Å². The van der Waals surface area contributed by atoms with Gasteiger partial charge < -0.3 is 14.6 Å². The van der Waals surface area contributed by atoms with Crippen molar-refractivity contribution in [2.45, 2.75) is 26.1 Å². The van der Waals surface area contributed by atoms with Gasteiger partial charge >= 0.3 is 5.97 Å². The molecule has 0 aromatic carbocycles. The summed E-state index contributed by atoms with van der Waals surface area (Å²) < 4.78 is 9.90. The predicted octanol–water partition coefficient (Wildman–Crippen LogP) is 1.06. The van der Waals surface area contributed by atoms with E-state index in [1.165, 1.54) is 12.2 Å². The quantitative estimate of drug-likeness (QED) is 0.508. The number of aliphatic hydroxyl groups excluding tert-OH is 1. The first-order chi connectivity index (χ1) is 7.17. The minimum Gasteiger partial charge on any atom is -0.464 e. The molecule has 0 radical (unpaired) electrons. The first-order valence-corrected chi connectivity index (χ1v) is 4.87. The fourth-order valence-electron chi connectivity index (χ4n) is 1.00. The summed E-state index contributed by atoms with van der Waals surface area (Å²) in [5.74, 6) is -0.565. The third-order valence-corrected chi connectivity index (χ3v) is 1.61. The normalized spacial score (nSPS) is 14.9. The summed E-state index contributed by atoms with van der Waals surface area (Å²) in [5.41, 5.74) is 0. The Balaban J connectivity index is 4.40. The maximum atomic E-state index is 11.4. The lowest BCUT2D eigenvalue weighted by molar-refractivity contribution is -0.161. The number of carbonyl (C=O) groups is 1. The van der Waals surface area contributed by atoms with Crippen molar-refractivity contribution < 1.29 is 19.4 Å². The number of hydrogen-bond acceptors (Lipinski definition) is 4. The third-order valence-electron chi connectivity index (χ3n) is 1.61. The van der Waals surface area contributed by atoms with Gasteiger partial charge in [0.2, 0.25) is 0 Å². The molecule has 0 aliphatic heterocycles. The van der Waals surface area contributed by atoms with Gasteiger partial charge in [-0.3, -0.25) is 0 Å². The second-order valence-corrected chi connectivity index (χ2v) is 2.81. The molecule has 15 heavy (non-hydrogen) atoms. The number of esters is 1. The Hall–Kier alpha value is -1.13. The van der Waals surface area contributed by atoms with Crippen LogP contribution >= 0.6 is 0 Å². The zero-order chi connectivity index (χ0) is 11.7. The van der Waals surface area contributed by atoms with Crippen LogP contribution in [0.15, 0.2) is 24.8 Å². The molecule has 0 aromatic rings. The van der Waals surface area contributed by atoms with Gasteiger partial charge in [-0.05, 0) is 13.8 Å². The van der Waals surface area contributed by atoms with Gasteiger partial charge in [0.1, 0.15) is 6.10 Å². The molecule has 0 aliphatic rings. The van der Waals surface area contributed by atoms with Gasteiger partial charge in [-0.2, -0.15) is 0 Å². The molecule has 2 atom stereocenters. The van der Waals surface area contributed by atoms with Crippen LogP contribution in [0.5, 0.6) is 0 Å². The summed E-state index contributed by atoms with van der Waals surface area (Å²) >= 11 is 0. The van der Waals surface area contributed by atoms with Gasteiger partial charge in [0.25, 0.3) is 0 Å². The largest absolute Gasteiger partial charge is 0.464 e. The molecule has 0 fully saturated rings. The molecule has 0 bridgehead atoms. The van der Waals surface area contributed by atoms with Crippen LogP contribution in [0, 0.1) is 0 Å². The molecule has 0 heterocycles. The molecule has 0 unspecified atom stereocenters. The van der Waals surface area contributed by atoms with E-state index in [0.717, 1.165) is 0 Å². The Morgan fingerprint density at radius 2 is 2.27 bits per heavy atom. The number of ether oxygens (including phenoxy) is 2. The summed E-state index contributed by atoms with van der Waals surface area (Å²) in [6.45, 7) is 7.37. The molecule has 0 aliphatic carbocycles. The van der Waals surface area contributed by atoms with Crippen molar-refractivity contribution in [1.82, 2.24) is 0 Å². The van der Waals surface area contributed by atoms with Crippen molar-refractivity contribution in [3.05, 3.63) is 24.8 Å². The van der Waals surface area contributed by atoms with Crippen molar-refractivity contribution in [3.8, 4) is 0 Å². The molecule has 0 spiro atoms. The summed E-state index contributed by atoms with van der Waals surface area (Å²) in [5, 5.41) is 9.59. The molecule has 86 valence electrons. The van der Waals surface area contributed by atoms with E-state index >= 15 is 0 Å². The summed E-state index contributed by atoms with van der Waals surface area (Å²) in [4.78, 5) is 11.4. The van der Waals surface area contributed by atoms with Gasteiger partial charge in [0.15, 0.2) is 6.10 Å². The van der Waals surface area contributed by atoms with E-state index in [1.807, 2.05) is 0 Å². The van der Waals surface area contributed by atoms with Crippen LogP contribution in [0.3, 0.4) is 0 Å². The van der Waals surface area contributed by atoms with Crippen LogP contribution in [-0.4, -0.2) is 36.5 Å². The second-order valence-electron chi connectivity index (χ2n) is 2.81. The minimum absolute atomic E-state index is 0.193. The van der Waals surface area contributed by atoms with Crippen molar-refractivity contribution >= 4 is 5.97 Å². The van der Waals surface area contributed by atoms with Gasteiger partial charge in [0, 0.05) is 0 Å². The Morgan fingerprint density at radius 3 is 2.73 bits per heavy atom. The number of rotatable bonds is 7. The summed E-state index contributed by atoms with van der Waals surface area (Å²) in [6.07, 6.45) is 2.65. The van der Waals surface area contributed by atoms with E-state index in [9.17, 15) is 9.90 Å². The lowest BCUT2D eigenvalue weighted by Crippen LogP contribution is -2.37. The fourth-order valence-corrected chi connectivity index (χ4v) is 1.00. The van der Waals surface area contributed by atoms with E-state index in [2.05, 4.69) is 6.58 Å². The molecular formula is C11H18O4. The minimum atomic E-state index is -0.992. The zero-order valence-electron chi connectivity index (χ0n) is 9.18. The monoisotopic (exact) mass is 214 g/mol. The average molecular weight is 214 g/mol. The van der Waals surface area contributed by atoms with Crippen LogP contribution in [0.1, 0.15) is 13.8 Å². The fraction of sp³-hybridized carbons (Fsp3) is 0.545. The van der Waals surface area contributed by atoms with E-state index < -0.39 is 18.2 Å². The lowest BCUT2D eigenvalue weighted by atomic mass is 10.2. The average Bonchev–Trinajstić information content (AvgIpc) is 2.19. The van der Waals surface area contributed by atoms with Crippen LogP contribution < -0.4 is 0 Å². The second kappa shape index (κ2) is 8.20. The van der Waals surface area contributed by atoms with Gasteiger partial charge in [0.05, 0.1) is 13.2 Å². The number of aliphatic hydroxyl groups is 1. The van der Waals surface area contributed by atoms with Crippen LogP contribution in [0.2, 0.25) is 0 Å². The Kier molecular flexibility index (Phi) is 7.58. The van der Waals surface area contributed by atoms with Crippen LogP contribution in [0.25, 0.3) is 0 Å². The molecule has 0 rings (SSSR count). The van der Waals surface area contributed by atoms with Crippen molar-refractivity contribution in [2.24, 2.45) is 0 Å². The Morgan fingerprint density at radius 1 is 1.60 bits per heavy atom. The van der Waals surface area contributed by atoms with Crippen LogP contribution in [-0.2, 0) is 14.3 Å².